The summed E-state index contributed by atoms with van der Waals surface area (Å²) >= 11 is 0. The Morgan fingerprint density at radius 1 is 1.14 bits per heavy atom. The summed E-state index contributed by atoms with van der Waals surface area (Å²) in [6.07, 6.45) is 0. The number of carbonyl (C=O) groups is 2. The number of carboxylic acid groups (broad SMARTS) is 2. The molecule has 2 rings (SSSR count). The molecule has 0 aromatic heterocycles. The molecule has 1 unspecified atom stereocenters. The van der Waals surface area contributed by atoms with Gasteiger partial charge in [-0.25, -0.2) is 22.4 Å². The summed E-state index contributed by atoms with van der Waals surface area (Å²) in [5.74, 6) is -5.02. The van der Waals surface area contributed by atoms with Crippen molar-refractivity contribution < 1.29 is 37.5 Å². The zero-order valence-electron chi connectivity index (χ0n) is 14.6. The maximum atomic E-state index is 12.9. The second-order valence-corrected chi connectivity index (χ2v) is 8.12. The van der Waals surface area contributed by atoms with Gasteiger partial charge in [0.05, 0.1) is 22.0 Å². The van der Waals surface area contributed by atoms with Gasteiger partial charge in [0.2, 0.25) is 0 Å². The van der Waals surface area contributed by atoms with Crippen LogP contribution in [0.1, 0.15) is 15.9 Å². The average molecular weight is 426 g/mol. The molecule has 10 nitrogen and oxygen atoms in total. The normalized spacial score (nSPS) is 12.2. The summed E-state index contributed by atoms with van der Waals surface area (Å²) in [4.78, 5) is 32.7. The standard InChI is InChI=1S/C17H15FN2O8S/c18-12-4-1-10(2-5-12)8-29(27,28)9-14(17(23)24)19-13-6-3-11(16(21)22)7-15(13)20(25)26/h1-7,14,19H,8-9H2,(H,21,22)(H,23,24). The van der Waals surface area contributed by atoms with E-state index < -0.39 is 61.3 Å². The lowest BCUT2D eigenvalue weighted by Gasteiger charge is -2.16. The van der Waals surface area contributed by atoms with Gasteiger partial charge in [-0.2, -0.15) is 0 Å². The Kier molecular flexibility index (Phi) is 6.49. The molecule has 0 radical (unpaired) electrons. The number of halogens is 1. The molecule has 0 aliphatic heterocycles. The summed E-state index contributed by atoms with van der Waals surface area (Å²) < 4.78 is 37.6. The van der Waals surface area contributed by atoms with Crippen molar-refractivity contribution in [2.24, 2.45) is 0 Å². The average Bonchev–Trinajstić information content (AvgIpc) is 2.62. The molecule has 0 amide bonds. The van der Waals surface area contributed by atoms with Crippen LogP contribution in [0.2, 0.25) is 0 Å². The predicted molar refractivity (Wildman–Crippen MR) is 99.0 cm³/mol. The molecule has 0 aliphatic rings. The van der Waals surface area contributed by atoms with Crippen molar-refractivity contribution in [2.45, 2.75) is 11.8 Å². The molecule has 3 N–H and O–H groups in total. The maximum absolute atomic E-state index is 12.9. The first-order chi connectivity index (χ1) is 13.5. The molecular weight excluding hydrogens is 411 g/mol. The SMILES string of the molecule is O=C(O)c1ccc(NC(CS(=O)(=O)Cc2ccc(F)cc2)C(=O)O)c([N+](=O)[O-])c1. The molecule has 0 fully saturated rings. The Balaban J connectivity index is 2.26. The summed E-state index contributed by atoms with van der Waals surface area (Å²) in [7, 11) is -4.00. The molecule has 0 saturated heterocycles. The van der Waals surface area contributed by atoms with Gasteiger partial charge in [0.25, 0.3) is 5.69 Å². The number of carboxylic acids is 2. The smallest absolute Gasteiger partial charge is 0.335 e. The fourth-order valence-electron chi connectivity index (χ4n) is 2.45. The predicted octanol–water partition coefficient (Wildman–Crippen LogP) is 1.91. The molecule has 0 spiro atoms. The molecule has 0 bridgehead atoms. The van der Waals surface area contributed by atoms with Crippen LogP contribution in [0.4, 0.5) is 15.8 Å². The first-order valence-electron chi connectivity index (χ1n) is 7.94. The van der Waals surface area contributed by atoms with E-state index in [1.54, 1.807) is 0 Å². The Bertz CT molecular complexity index is 1050. The third kappa shape index (κ3) is 5.97. The monoisotopic (exact) mass is 426 g/mol. The first kappa shape index (κ1) is 21.8. The van der Waals surface area contributed by atoms with Crippen LogP contribution in [0.25, 0.3) is 0 Å². The number of hydrogen-bond donors (Lipinski definition) is 3. The van der Waals surface area contributed by atoms with Crippen molar-refractivity contribution in [1.29, 1.82) is 0 Å². The molecule has 0 heterocycles. The molecule has 0 saturated carbocycles. The van der Waals surface area contributed by atoms with Gasteiger partial charge in [-0.3, -0.25) is 10.1 Å². The lowest BCUT2D eigenvalue weighted by Crippen LogP contribution is -2.37. The number of hydrogen-bond acceptors (Lipinski definition) is 7. The van der Waals surface area contributed by atoms with Gasteiger partial charge >= 0.3 is 11.9 Å². The van der Waals surface area contributed by atoms with Crippen molar-refractivity contribution in [1.82, 2.24) is 0 Å². The summed E-state index contributed by atoms with van der Waals surface area (Å²) in [6.45, 7) is 0. The van der Waals surface area contributed by atoms with Gasteiger partial charge in [-0.15, -0.1) is 0 Å². The van der Waals surface area contributed by atoms with E-state index >= 15 is 0 Å². The van der Waals surface area contributed by atoms with Crippen LogP contribution in [0, 0.1) is 15.9 Å². The molecular formula is C17H15FN2O8S. The van der Waals surface area contributed by atoms with E-state index in [-0.39, 0.29) is 11.3 Å². The Labute approximate surface area is 163 Å². The van der Waals surface area contributed by atoms with Gasteiger partial charge in [0, 0.05) is 6.07 Å². The maximum Gasteiger partial charge on any atom is 0.335 e. The van der Waals surface area contributed by atoms with Gasteiger partial charge in [-0.05, 0) is 29.8 Å². The molecule has 1 atom stereocenters. The second kappa shape index (κ2) is 8.65. The van der Waals surface area contributed by atoms with Crippen molar-refractivity contribution in [3.05, 3.63) is 69.5 Å². The van der Waals surface area contributed by atoms with Crippen LogP contribution in [-0.4, -0.2) is 47.3 Å². The van der Waals surface area contributed by atoms with Crippen LogP contribution in [-0.2, 0) is 20.4 Å². The number of nitro groups is 1. The minimum atomic E-state index is -4.00. The van der Waals surface area contributed by atoms with Gasteiger partial charge in [-0.1, -0.05) is 12.1 Å². The van der Waals surface area contributed by atoms with E-state index in [9.17, 15) is 37.6 Å². The third-order valence-corrected chi connectivity index (χ3v) is 5.40. The fourth-order valence-corrected chi connectivity index (χ4v) is 4.00. The Hall–Kier alpha value is -3.54. The topological polar surface area (TPSA) is 164 Å². The highest BCUT2D eigenvalue weighted by Gasteiger charge is 2.28. The van der Waals surface area contributed by atoms with E-state index in [1.807, 2.05) is 0 Å². The zero-order valence-corrected chi connectivity index (χ0v) is 15.4. The van der Waals surface area contributed by atoms with Crippen LogP contribution in [0.15, 0.2) is 42.5 Å². The number of nitro benzene ring substituents is 1. The quantitative estimate of drug-likeness (QED) is 0.401. The van der Waals surface area contributed by atoms with Crippen molar-refractivity contribution in [3.63, 3.8) is 0 Å². The van der Waals surface area contributed by atoms with E-state index in [1.165, 1.54) is 12.1 Å². The number of anilines is 1. The molecule has 2 aromatic rings. The molecule has 12 heteroatoms. The minimum absolute atomic E-state index is 0.243. The highest BCUT2D eigenvalue weighted by Crippen LogP contribution is 2.27. The van der Waals surface area contributed by atoms with Crippen LogP contribution < -0.4 is 5.32 Å². The zero-order chi connectivity index (χ0) is 21.8. The number of rotatable bonds is 9. The van der Waals surface area contributed by atoms with E-state index in [0.717, 1.165) is 30.3 Å². The van der Waals surface area contributed by atoms with Gasteiger partial charge < -0.3 is 15.5 Å². The number of nitrogens with zero attached hydrogens (tertiary/aromatic N) is 1. The summed E-state index contributed by atoms with van der Waals surface area (Å²) in [5.41, 5.74) is -1.21. The van der Waals surface area contributed by atoms with E-state index in [0.29, 0.717) is 0 Å². The Morgan fingerprint density at radius 3 is 2.28 bits per heavy atom. The van der Waals surface area contributed by atoms with Crippen LogP contribution >= 0.6 is 0 Å². The van der Waals surface area contributed by atoms with Gasteiger partial charge in [0.1, 0.15) is 17.5 Å². The number of nitrogens with one attached hydrogen (secondary N) is 1. The largest absolute Gasteiger partial charge is 0.480 e. The summed E-state index contributed by atoms with van der Waals surface area (Å²) in [6, 6.07) is 5.60. The molecule has 154 valence electrons. The molecule has 0 aliphatic carbocycles. The fraction of sp³-hybridized carbons (Fsp3) is 0.176. The minimum Gasteiger partial charge on any atom is -0.480 e. The second-order valence-electron chi connectivity index (χ2n) is 6.01. The van der Waals surface area contributed by atoms with Crippen LogP contribution in [0.3, 0.4) is 0 Å². The highest BCUT2D eigenvalue weighted by atomic mass is 32.2. The lowest BCUT2D eigenvalue weighted by atomic mass is 10.1. The van der Waals surface area contributed by atoms with Crippen LogP contribution in [0.5, 0.6) is 0 Å². The summed E-state index contributed by atoms with van der Waals surface area (Å²) in [5, 5.41) is 31.7. The number of benzene rings is 2. The third-order valence-electron chi connectivity index (χ3n) is 3.79. The Morgan fingerprint density at radius 2 is 1.76 bits per heavy atom. The van der Waals surface area contributed by atoms with Crippen molar-refractivity contribution in [2.75, 3.05) is 11.1 Å². The first-order valence-corrected chi connectivity index (χ1v) is 9.76. The lowest BCUT2D eigenvalue weighted by molar-refractivity contribution is -0.384. The highest BCUT2D eigenvalue weighted by molar-refractivity contribution is 7.90. The number of sulfone groups is 1. The number of aromatic carboxylic acids is 1. The molecule has 2 aromatic carbocycles. The van der Waals surface area contributed by atoms with Gasteiger partial charge in [0.15, 0.2) is 9.84 Å². The molecule has 29 heavy (non-hydrogen) atoms. The number of aliphatic carboxylic acids is 1. The van der Waals surface area contributed by atoms with Crippen molar-refractivity contribution >= 4 is 33.2 Å². The van der Waals surface area contributed by atoms with E-state index in [4.69, 9.17) is 5.11 Å². The van der Waals surface area contributed by atoms with Crippen molar-refractivity contribution in [3.8, 4) is 0 Å². The van der Waals surface area contributed by atoms with E-state index in [2.05, 4.69) is 5.32 Å².